The van der Waals surface area contributed by atoms with Crippen LogP contribution in [0.4, 0.5) is 5.69 Å². The van der Waals surface area contributed by atoms with Gasteiger partial charge in [-0.05, 0) is 56.3 Å². The molecule has 1 N–H and O–H groups in total. The number of carbonyl (C=O) groups is 1. The quantitative estimate of drug-likeness (QED) is 0.346. The molecule has 7 heteroatoms. The van der Waals surface area contributed by atoms with E-state index in [2.05, 4.69) is 5.32 Å². The van der Waals surface area contributed by atoms with E-state index in [1.54, 1.807) is 54.6 Å². The summed E-state index contributed by atoms with van der Waals surface area (Å²) < 4.78 is 11.3. The summed E-state index contributed by atoms with van der Waals surface area (Å²) in [5, 5.41) is 13.1. The average molecular weight is 441 g/mol. The number of nitriles is 1. The molecule has 1 amide bonds. The molecule has 3 rings (SSSR count). The summed E-state index contributed by atoms with van der Waals surface area (Å²) in [7, 11) is 0. The Bertz CT molecular complexity index is 1140. The number of anilines is 1. The Morgan fingerprint density at radius 1 is 1.17 bits per heavy atom. The molecule has 3 aromatic rings. The minimum absolute atomic E-state index is 0.00723. The zero-order chi connectivity index (χ0) is 21.7. The van der Waals surface area contributed by atoms with E-state index in [1.165, 1.54) is 6.08 Å². The summed E-state index contributed by atoms with van der Waals surface area (Å²) in [6, 6.07) is 17.3. The predicted octanol–water partition coefficient (Wildman–Crippen LogP) is 6.59. The van der Waals surface area contributed by atoms with Gasteiger partial charge in [0.2, 0.25) is 0 Å². The van der Waals surface area contributed by atoms with Gasteiger partial charge in [-0.1, -0.05) is 29.3 Å². The fourth-order valence-corrected chi connectivity index (χ4v) is 3.17. The molecule has 0 aliphatic carbocycles. The summed E-state index contributed by atoms with van der Waals surface area (Å²) >= 11 is 12.1. The second kappa shape index (κ2) is 9.53. The number of nitrogens with one attached hydrogen (secondary N) is 1. The molecular weight excluding hydrogens is 423 g/mol. The van der Waals surface area contributed by atoms with Crippen molar-refractivity contribution in [2.75, 3.05) is 5.32 Å². The molecular formula is C23H18Cl2N2O3. The average Bonchev–Trinajstić information content (AvgIpc) is 3.14. The number of furan rings is 1. The van der Waals surface area contributed by atoms with Gasteiger partial charge < -0.3 is 14.5 Å². The van der Waals surface area contributed by atoms with E-state index in [1.807, 2.05) is 19.9 Å². The van der Waals surface area contributed by atoms with Crippen molar-refractivity contribution in [2.24, 2.45) is 0 Å². The van der Waals surface area contributed by atoms with E-state index in [0.29, 0.717) is 38.6 Å². The maximum Gasteiger partial charge on any atom is 0.266 e. The minimum Gasteiger partial charge on any atom is -0.491 e. The van der Waals surface area contributed by atoms with E-state index in [9.17, 15) is 10.1 Å². The van der Waals surface area contributed by atoms with Crippen LogP contribution in [0.3, 0.4) is 0 Å². The maximum atomic E-state index is 12.5. The molecule has 0 unspecified atom stereocenters. The van der Waals surface area contributed by atoms with Crippen molar-refractivity contribution in [1.82, 2.24) is 0 Å². The number of hydrogen-bond acceptors (Lipinski definition) is 4. The fraction of sp³-hybridized carbons (Fsp3) is 0.130. The first-order valence-electron chi connectivity index (χ1n) is 9.11. The number of ether oxygens (including phenoxy) is 1. The molecule has 152 valence electrons. The first-order valence-corrected chi connectivity index (χ1v) is 9.86. The van der Waals surface area contributed by atoms with Crippen molar-refractivity contribution in [3.8, 4) is 23.1 Å². The van der Waals surface area contributed by atoms with Crippen LogP contribution in [-0.2, 0) is 4.79 Å². The molecule has 0 aliphatic rings. The van der Waals surface area contributed by atoms with Crippen molar-refractivity contribution in [1.29, 1.82) is 5.26 Å². The Kier molecular flexibility index (Phi) is 6.83. The van der Waals surface area contributed by atoms with Gasteiger partial charge in [0.1, 0.15) is 28.9 Å². The van der Waals surface area contributed by atoms with Crippen LogP contribution < -0.4 is 10.1 Å². The third kappa shape index (κ3) is 5.44. The number of rotatable bonds is 6. The molecule has 0 atom stereocenters. The lowest BCUT2D eigenvalue weighted by Crippen LogP contribution is -2.13. The summed E-state index contributed by atoms with van der Waals surface area (Å²) in [6.45, 7) is 3.83. The Labute approximate surface area is 184 Å². The van der Waals surface area contributed by atoms with Gasteiger partial charge in [-0.3, -0.25) is 4.79 Å². The van der Waals surface area contributed by atoms with Gasteiger partial charge in [-0.15, -0.1) is 0 Å². The molecule has 5 nitrogen and oxygen atoms in total. The van der Waals surface area contributed by atoms with Crippen LogP contribution in [0.15, 0.2) is 64.6 Å². The van der Waals surface area contributed by atoms with Crippen molar-refractivity contribution < 1.29 is 13.9 Å². The lowest BCUT2D eigenvalue weighted by Gasteiger charge is -2.11. The second-order valence-electron chi connectivity index (χ2n) is 6.64. The molecule has 0 spiro atoms. The van der Waals surface area contributed by atoms with Crippen LogP contribution in [0.5, 0.6) is 5.75 Å². The molecule has 0 saturated heterocycles. The molecule has 2 aromatic carbocycles. The normalized spacial score (nSPS) is 11.3. The van der Waals surface area contributed by atoms with Gasteiger partial charge in [0, 0.05) is 28.4 Å². The van der Waals surface area contributed by atoms with Crippen molar-refractivity contribution in [2.45, 2.75) is 20.0 Å². The van der Waals surface area contributed by atoms with Crippen LogP contribution in [0.2, 0.25) is 10.0 Å². The minimum atomic E-state index is -0.554. The molecule has 0 saturated carbocycles. The summed E-state index contributed by atoms with van der Waals surface area (Å²) in [5.41, 5.74) is 1.08. The van der Waals surface area contributed by atoms with E-state index < -0.39 is 5.91 Å². The highest BCUT2D eigenvalue weighted by atomic mass is 35.5. The highest BCUT2D eigenvalue weighted by molar-refractivity contribution is 6.36. The Balaban J connectivity index is 1.78. The van der Waals surface area contributed by atoms with Crippen LogP contribution in [-0.4, -0.2) is 12.0 Å². The molecule has 0 aliphatic heterocycles. The smallest absolute Gasteiger partial charge is 0.266 e. The molecule has 1 heterocycles. The number of carbonyl (C=O) groups excluding carboxylic acids is 1. The first-order chi connectivity index (χ1) is 14.4. The van der Waals surface area contributed by atoms with Gasteiger partial charge in [-0.25, -0.2) is 0 Å². The Hall–Kier alpha value is -3.20. The monoisotopic (exact) mass is 440 g/mol. The largest absolute Gasteiger partial charge is 0.491 e. The standard InChI is InChI=1S/C23H18Cl2N2O3/c1-14(2)29-18-5-3-4-17(12-18)27-23(28)15(13-26)10-19-7-9-22(30-19)20-8-6-16(24)11-21(20)25/h3-12,14H,1-2H3,(H,27,28)/b15-10+. The summed E-state index contributed by atoms with van der Waals surface area (Å²) in [6.07, 6.45) is 1.38. The lowest BCUT2D eigenvalue weighted by molar-refractivity contribution is -0.112. The molecule has 0 bridgehead atoms. The third-order valence-electron chi connectivity index (χ3n) is 3.94. The third-order valence-corrected chi connectivity index (χ3v) is 4.49. The Morgan fingerprint density at radius 2 is 1.97 bits per heavy atom. The number of nitrogens with zero attached hydrogens (tertiary/aromatic N) is 1. The van der Waals surface area contributed by atoms with Crippen molar-refractivity contribution >= 4 is 40.9 Å². The van der Waals surface area contributed by atoms with E-state index in [-0.39, 0.29) is 11.7 Å². The van der Waals surface area contributed by atoms with Crippen LogP contribution in [0.1, 0.15) is 19.6 Å². The molecule has 0 radical (unpaired) electrons. The number of amides is 1. The number of hydrogen-bond donors (Lipinski definition) is 1. The van der Waals surface area contributed by atoms with E-state index in [4.69, 9.17) is 32.4 Å². The van der Waals surface area contributed by atoms with Gasteiger partial charge in [-0.2, -0.15) is 5.26 Å². The fourth-order valence-electron chi connectivity index (χ4n) is 2.67. The highest BCUT2D eigenvalue weighted by Gasteiger charge is 2.13. The van der Waals surface area contributed by atoms with Crippen molar-refractivity contribution in [3.63, 3.8) is 0 Å². The van der Waals surface area contributed by atoms with Gasteiger partial charge in [0.15, 0.2) is 0 Å². The van der Waals surface area contributed by atoms with Crippen LogP contribution >= 0.6 is 23.2 Å². The molecule has 1 aromatic heterocycles. The predicted molar refractivity (Wildman–Crippen MR) is 119 cm³/mol. The number of halogens is 2. The molecule has 0 fully saturated rings. The zero-order valence-corrected chi connectivity index (χ0v) is 17.8. The molecule has 30 heavy (non-hydrogen) atoms. The highest BCUT2D eigenvalue weighted by Crippen LogP contribution is 2.32. The van der Waals surface area contributed by atoms with Crippen LogP contribution in [0, 0.1) is 11.3 Å². The Morgan fingerprint density at radius 3 is 2.67 bits per heavy atom. The SMILES string of the molecule is CC(C)Oc1cccc(NC(=O)/C(C#N)=C/c2ccc(-c3ccc(Cl)cc3Cl)o2)c1. The van der Waals surface area contributed by atoms with Gasteiger partial charge in [0.05, 0.1) is 11.1 Å². The van der Waals surface area contributed by atoms with Crippen molar-refractivity contribution in [3.05, 3.63) is 76.0 Å². The maximum absolute atomic E-state index is 12.5. The summed E-state index contributed by atoms with van der Waals surface area (Å²) in [4.78, 5) is 12.5. The topological polar surface area (TPSA) is 75.3 Å². The zero-order valence-electron chi connectivity index (χ0n) is 16.3. The van der Waals surface area contributed by atoms with E-state index >= 15 is 0 Å². The first kappa shape index (κ1) is 21.5. The summed E-state index contributed by atoms with van der Waals surface area (Å²) in [5.74, 6) is 0.918. The van der Waals surface area contributed by atoms with E-state index in [0.717, 1.165) is 0 Å². The van der Waals surface area contributed by atoms with Gasteiger partial charge >= 0.3 is 0 Å². The van der Waals surface area contributed by atoms with Crippen LogP contribution in [0.25, 0.3) is 17.4 Å². The lowest BCUT2D eigenvalue weighted by atomic mass is 10.2. The second-order valence-corrected chi connectivity index (χ2v) is 7.49. The number of benzene rings is 2. The van der Waals surface area contributed by atoms with Gasteiger partial charge in [0.25, 0.3) is 5.91 Å².